The fraction of sp³-hybridized carbons (Fsp3) is 0.0800. The third-order valence-electron chi connectivity index (χ3n) is 11.8. The number of aromatic nitrogens is 2. The SMILES string of the molecule is CC1(C)c2cc(-c3ccc(-c4ccc5ccc6cccnc6c5n4)c4ccccc34)ccc2-c2cc3c(cc21)-c1ccccc1C3c1ccccc1. The van der Waals surface area contributed by atoms with Crippen LogP contribution in [0.1, 0.15) is 47.6 Å². The Labute approximate surface area is 303 Å². The highest BCUT2D eigenvalue weighted by Crippen LogP contribution is 2.56. The molecule has 244 valence electrons. The van der Waals surface area contributed by atoms with Crippen molar-refractivity contribution in [2.75, 3.05) is 0 Å². The lowest BCUT2D eigenvalue weighted by Crippen LogP contribution is -2.15. The highest BCUT2D eigenvalue weighted by Gasteiger charge is 2.39. The van der Waals surface area contributed by atoms with E-state index in [2.05, 4.69) is 166 Å². The monoisotopic (exact) mass is 662 g/mol. The van der Waals surface area contributed by atoms with Crippen molar-refractivity contribution in [3.05, 3.63) is 192 Å². The first-order valence-corrected chi connectivity index (χ1v) is 18.2. The van der Waals surface area contributed by atoms with Crippen molar-refractivity contribution in [2.45, 2.75) is 25.2 Å². The van der Waals surface area contributed by atoms with Crippen LogP contribution in [0.5, 0.6) is 0 Å². The van der Waals surface area contributed by atoms with Gasteiger partial charge in [0.2, 0.25) is 0 Å². The van der Waals surface area contributed by atoms with Crippen molar-refractivity contribution in [3.63, 3.8) is 0 Å². The van der Waals surface area contributed by atoms with Gasteiger partial charge < -0.3 is 0 Å². The molecule has 0 fully saturated rings. The van der Waals surface area contributed by atoms with Gasteiger partial charge in [0.25, 0.3) is 0 Å². The Kier molecular flexibility index (Phi) is 6.10. The van der Waals surface area contributed by atoms with Crippen molar-refractivity contribution >= 4 is 32.6 Å². The number of benzene rings is 7. The molecule has 52 heavy (non-hydrogen) atoms. The van der Waals surface area contributed by atoms with Crippen molar-refractivity contribution in [2.24, 2.45) is 0 Å². The molecule has 2 aliphatic rings. The lowest BCUT2D eigenvalue weighted by atomic mass is 9.80. The summed E-state index contributed by atoms with van der Waals surface area (Å²) in [7, 11) is 0. The summed E-state index contributed by atoms with van der Waals surface area (Å²) in [5.41, 5.74) is 18.7. The van der Waals surface area contributed by atoms with E-state index in [1.165, 1.54) is 72.0 Å². The molecule has 11 rings (SSSR count). The topological polar surface area (TPSA) is 25.8 Å². The third-order valence-corrected chi connectivity index (χ3v) is 11.8. The molecule has 0 radical (unpaired) electrons. The van der Waals surface area contributed by atoms with Crippen LogP contribution >= 0.6 is 0 Å². The summed E-state index contributed by atoms with van der Waals surface area (Å²) in [6.07, 6.45) is 1.85. The van der Waals surface area contributed by atoms with Gasteiger partial charge in [-0.3, -0.25) is 4.98 Å². The second-order valence-electron chi connectivity index (χ2n) is 14.9. The fourth-order valence-electron chi connectivity index (χ4n) is 9.25. The zero-order valence-corrected chi connectivity index (χ0v) is 29.1. The average Bonchev–Trinajstić information content (AvgIpc) is 3.64. The number of hydrogen-bond donors (Lipinski definition) is 0. The molecule has 9 aromatic rings. The lowest BCUT2D eigenvalue weighted by molar-refractivity contribution is 0.660. The molecule has 0 N–H and O–H groups in total. The predicted octanol–water partition coefficient (Wildman–Crippen LogP) is 12.7. The van der Waals surface area contributed by atoms with Crippen molar-refractivity contribution in [3.8, 4) is 44.6 Å². The Hall–Kier alpha value is -6.38. The maximum Gasteiger partial charge on any atom is 0.0972 e. The van der Waals surface area contributed by atoms with Gasteiger partial charge in [-0.1, -0.05) is 141 Å². The molecule has 2 aromatic heterocycles. The Bertz CT molecular complexity index is 2940. The first-order valence-electron chi connectivity index (χ1n) is 18.2. The summed E-state index contributed by atoms with van der Waals surface area (Å²) in [5.74, 6) is 0.237. The zero-order chi connectivity index (χ0) is 34.6. The Morgan fingerprint density at radius 1 is 0.462 bits per heavy atom. The van der Waals surface area contributed by atoms with Crippen LogP contribution in [0.4, 0.5) is 0 Å². The van der Waals surface area contributed by atoms with Gasteiger partial charge >= 0.3 is 0 Å². The van der Waals surface area contributed by atoms with Gasteiger partial charge in [0, 0.05) is 33.9 Å². The molecule has 1 atom stereocenters. The normalized spacial score (nSPS) is 15.1. The van der Waals surface area contributed by atoms with E-state index in [-0.39, 0.29) is 11.3 Å². The zero-order valence-electron chi connectivity index (χ0n) is 29.1. The van der Waals surface area contributed by atoms with Crippen LogP contribution in [-0.2, 0) is 5.41 Å². The second-order valence-corrected chi connectivity index (χ2v) is 14.9. The van der Waals surface area contributed by atoms with Gasteiger partial charge in [-0.2, -0.15) is 0 Å². The minimum Gasteiger partial charge on any atom is -0.254 e. The molecular formula is C50H34N2. The highest BCUT2D eigenvalue weighted by molar-refractivity contribution is 6.07. The molecule has 2 heterocycles. The van der Waals surface area contributed by atoms with E-state index in [1.54, 1.807) is 0 Å². The van der Waals surface area contributed by atoms with Gasteiger partial charge in [0.15, 0.2) is 0 Å². The van der Waals surface area contributed by atoms with Crippen LogP contribution in [-0.4, -0.2) is 9.97 Å². The van der Waals surface area contributed by atoms with E-state index >= 15 is 0 Å². The molecule has 2 heteroatoms. The summed E-state index contributed by atoms with van der Waals surface area (Å²) in [5, 5.41) is 4.63. The van der Waals surface area contributed by atoms with E-state index in [0.29, 0.717) is 0 Å². The summed E-state index contributed by atoms with van der Waals surface area (Å²) in [6, 6.07) is 58.1. The average molecular weight is 663 g/mol. The molecule has 7 aromatic carbocycles. The van der Waals surface area contributed by atoms with Crippen LogP contribution in [0.3, 0.4) is 0 Å². The van der Waals surface area contributed by atoms with Crippen LogP contribution < -0.4 is 0 Å². The standard InChI is InChI=1S/C50H34N2/c1-50(2)44-27-33(20-22-38(44)42-28-43-41(29-45(42)50)37-16-8-9-17-40(37)47(43)30-11-4-3-5-12-30)34-23-24-39(36-15-7-6-14-35(34)36)46-25-21-32-19-18-31-13-10-26-51-48(31)49(32)52-46/h3-29,47H,1-2H3. The Morgan fingerprint density at radius 2 is 1.15 bits per heavy atom. The highest BCUT2D eigenvalue weighted by atomic mass is 14.8. The minimum atomic E-state index is -0.142. The van der Waals surface area contributed by atoms with Gasteiger partial charge in [-0.25, -0.2) is 4.98 Å². The van der Waals surface area contributed by atoms with Gasteiger partial charge in [-0.15, -0.1) is 0 Å². The minimum absolute atomic E-state index is 0.142. The lowest BCUT2D eigenvalue weighted by Gasteiger charge is -2.23. The number of fused-ring (bicyclic) bond motifs is 10. The van der Waals surface area contributed by atoms with Gasteiger partial charge in [0.1, 0.15) is 0 Å². The van der Waals surface area contributed by atoms with E-state index in [0.717, 1.165) is 33.1 Å². The van der Waals surface area contributed by atoms with Gasteiger partial charge in [0.05, 0.1) is 16.7 Å². The van der Waals surface area contributed by atoms with E-state index in [9.17, 15) is 0 Å². The van der Waals surface area contributed by atoms with Crippen LogP contribution in [0.2, 0.25) is 0 Å². The maximum absolute atomic E-state index is 5.22. The summed E-state index contributed by atoms with van der Waals surface area (Å²) in [6.45, 7) is 4.79. The number of nitrogens with zero attached hydrogens (tertiary/aromatic N) is 2. The predicted molar refractivity (Wildman–Crippen MR) is 216 cm³/mol. The Morgan fingerprint density at radius 3 is 2.02 bits per heavy atom. The molecule has 0 saturated heterocycles. The first kappa shape index (κ1) is 29.4. The Balaban J connectivity index is 1.04. The molecule has 2 nitrogen and oxygen atoms in total. The van der Waals surface area contributed by atoms with Crippen LogP contribution in [0.15, 0.2) is 164 Å². The molecule has 0 amide bonds. The number of rotatable bonds is 3. The van der Waals surface area contributed by atoms with E-state index in [1.807, 2.05) is 12.3 Å². The first-order chi connectivity index (χ1) is 25.5. The van der Waals surface area contributed by atoms with E-state index in [4.69, 9.17) is 9.97 Å². The molecule has 1 unspecified atom stereocenters. The molecule has 0 bridgehead atoms. The fourth-order valence-corrected chi connectivity index (χ4v) is 9.25. The quantitative estimate of drug-likeness (QED) is 0.176. The maximum atomic E-state index is 5.22. The molecule has 0 aliphatic heterocycles. The smallest absolute Gasteiger partial charge is 0.0972 e. The molecule has 2 aliphatic carbocycles. The molecular weight excluding hydrogens is 629 g/mol. The summed E-state index contributed by atoms with van der Waals surface area (Å²) in [4.78, 5) is 9.92. The van der Waals surface area contributed by atoms with Crippen molar-refractivity contribution in [1.29, 1.82) is 0 Å². The molecule has 0 saturated carbocycles. The van der Waals surface area contributed by atoms with E-state index < -0.39 is 0 Å². The molecule has 0 spiro atoms. The van der Waals surface area contributed by atoms with Crippen LogP contribution in [0, 0.1) is 0 Å². The van der Waals surface area contributed by atoms with Crippen molar-refractivity contribution < 1.29 is 0 Å². The van der Waals surface area contributed by atoms with Crippen molar-refractivity contribution in [1.82, 2.24) is 9.97 Å². The third kappa shape index (κ3) is 4.12. The number of pyridine rings is 2. The largest absolute Gasteiger partial charge is 0.254 e. The van der Waals surface area contributed by atoms with Gasteiger partial charge in [-0.05, 0) is 102 Å². The second kappa shape index (κ2) is 10.8. The van der Waals surface area contributed by atoms with Crippen LogP contribution in [0.25, 0.3) is 77.2 Å². The summed E-state index contributed by atoms with van der Waals surface area (Å²) >= 11 is 0. The number of hydrogen-bond acceptors (Lipinski definition) is 2. The summed E-state index contributed by atoms with van der Waals surface area (Å²) < 4.78 is 0.